The third kappa shape index (κ3) is 3.10. The molecule has 1 aromatic rings. The first-order valence-corrected chi connectivity index (χ1v) is 7.50. The number of hydrogen-bond donors (Lipinski definition) is 1. The van der Waals surface area contributed by atoms with Gasteiger partial charge in [-0.3, -0.25) is 0 Å². The monoisotopic (exact) mass is 276 g/mol. The summed E-state index contributed by atoms with van der Waals surface area (Å²) in [6, 6.07) is 2.11. The highest BCUT2D eigenvalue weighted by molar-refractivity contribution is 5.41. The predicted molar refractivity (Wildman–Crippen MR) is 79.0 cm³/mol. The van der Waals surface area contributed by atoms with Crippen LogP contribution in [0.25, 0.3) is 0 Å². The van der Waals surface area contributed by atoms with E-state index in [1.54, 1.807) is 6.33 Å². The van der Waals surface area contributed by atoms with E-state index >= 15 is 0 Å². The molecule has 1 atom stereocenters. The van der Waals surface area contributed by atoms with Gasteiger partial charge in [0.15, 0.2) is 0 Å². The van der Waals surface area contributed by atoms with Crippen LogP contribution >= 0.6 is 0 Å². The molecule has 0 aromatic carbocycles. The van der Waals surface area contributed by atoms with Gasteiger partial charge in [-0.05, 0) is 39.8 Å². The van der Waals surface area contributed by atoms with Crippen molar-refractivity contribution in [3.05, 3.63) is 18.1 Å². The van der Waals surface area contributed by atoms with Gasteiger partial charge in [-0.2, -0.15) is 0 Å². The molecule has 1 unspecified atom stereocenters. The summed E-state index contributed by atoms with van der Waals surface area (Å²) in [5.74, 6) is 1.61. The Kier molecular flexibility index (Phi) is 3.65. The average molecular weight is 276 g/mol. The predicted octanol–water partition coefficient (Wildman–Crippen LogP) is 1.25. The molecule has 0 bridgehead atoms. The van der Waals surface area contributed by atoms with Crippen molar-refractivity contribution in [2.45, 2.75) is 37.2 Å². The van der Waals surface area contributed by atoms with Gasteiger partial charge in [-0.25, -0.2) is 9.97 Å². The molecule has 2 aliphatic rings. The van der Waals surface area contributed by atoms with Crippen molar-refractivity contribution < 1.29 is 5.11 Å². The van der Waals surface area contributed by atoms with Gasteiger partial charge in [0, 0.05) is 37.3 Å². The zero-order chi connectivity index (χ0) is 14.2. The number of piperidine rings is 1. The Morgan fingerprint density at radius 1 is 1.40 bits per heavy atom. The molecule has 0 spiro atoms. The first-order valence-electron chi connectivity index (χ1n) is 7.50. The van der Waals surface area contributed by atoms with E-state index in [1.807, 2.05) is 14.1 Å². The van der Waals surface area contributed by atoms with Gasteiger partial charge in [0.1, 0.15) is 12.1 Å². The highest BCUT2D eigenvalue weighted by Gasteiger charge is 2.34. The summed E-state index contributed by atoms with van der Waals surface area (Å²) >= 11 is 0. The van der Waals surface area contributed by atoms with Crippen LogP contribution in [0.4, 0.5) is 5.82 Å². The van der Waals surface area contributed by atoms with E-state index in [-0.39, 0.29) is 0 Å². The van der Waals surface area contributed by atoms with Crippen molar-refractivity contribution in [3.8, 4) is 0 Å². The molecule has 20 heavy (non-hydrogen) atoms. The first-order chi connectivity index (χ1) is 9.56. The quantitative estimate of drug-likeness (QED) is 0.897. The van der Waals surface area contributed by atoms with E-state index in [9.17, 15) is 5.11 Å². The van der Waals surface area contributed by atoms with Crippen LogP contribution in [0.3, 0.4) is 0 Å². The first kappa shape index (κ1) is 13.8. The molecular formula is C15H24N4O. The molecule has 3 rings (SSSR count). The Bertz CT molecular complexity index is 475. The molecule has 1 aliphatic carbocycles. The van der Waals surface area contributed by atoms with Crippen LogP contribution in [-0.2, 0) is 0 Å². The minimum absolute atomic E-state index is 0.632. The van der Waals surface area contributed by atoms with Gasteiger partial charge in [-0.1, -0.05) is 0 Å². The Balaban J connectivity index is 1.74. The molecule has 1 N–H and O–H groups in total. The van der Waals surface area contributed by atoms with Gasteiger partial charge < -0.3 is 14.9 Å². The fourth-order valence-electron chi connectivity index (χ4n) is 3.16. The standard InChI is InChI=1S/C15H24N4O/c1-18(2)9-15(20)6-3-7-19(10-15)14-8-13(12-4-5-12)16-11-17-14/h8,11-12,20H,3-7,9-10H2,1-2H3. The van der Waals surface area contributed by atoms with E-state index in [0.29, 0.717) is 19.0 Å². The lowest BCUT2D eigenvalue weighted by molar-refractivity contribution is 0.00351. The van der Waals surface area contributed by atoms with Crippen LogP contribution in [0.15, 0.2) is 12.4 Å². The van der Waals surface area contributed by atoms with Crippen molar-refractivity contribution in [3.63, 3.8) is 0 Å². The van der Waals surface area contributed by atoms with Crippen LogP contribution in [0.2, 0.25) is 0 Å². The summed E-state index contributed by atoms with van der Waals surface area (Å²) in [5.41, 5.74) is 0.531. The molecule has 5 nitrogen and oxygen atoms in total. The lowest BCUT2D eigenvalue weighted by Gasteiger charge is -2.41. The largest absolute Gasteiger partial charge is 0.387 e. The van der Waals surface area contributed by atoms with Gasteiger partial charge in [0.2, 0.25) is 0 Å². The van der Waals surface area contributed by atoms with E-state index in [0.717, 1.165) is 30.9 Å². The maximum Gasteiger partial charge on any atom is 0.132 e. The summed E-state index contributed by atoms with van der Waals surface area (Å²) in [6.07, 6.45) is 6.04. The van der Waals surface area contributed by atoms with Crippen molar-refractivity contribution in [2.24, 2.45) is 0 Å². The lowest BCUT2D eigenvalue weighted by atomic mass is 9.92. The maximum atomic E-state index is 10.7. The highest BCUT2D eigenvalue weighted by atomic mass is 16.3. The zero-order valence-electron chi connectivity index (χ0n) is 12.4. The molecule has 5 heteroatoms. The minimum atomic E-state index is -0.632. The summed E-state index contributed by atoms with van der Waals surface area (Å²) in [4.78, 5) is 13.0. The van der Waals surface area contributed by atoms with Crippen molar-refractivity contribution in [1.82, 2.24) is 14.9 Å². The fourth-order valence-corrected chi connectivity index (χ4v) is 3.16. The number of aromatic nitrogens is 2. The molecule has 2 fully saturated rings. The summed E-state index contributed by atoms with van der Waals surface area (Å²) in [7, 11) is 4.01. The normalized spacial score (nSPS) is 27.1. The molecule has 1 saturated carbocycles. The molecule has 0 amide bonds. The van der Waals surface area contributed by atoms with Crippen LogP contribution in [0, 0.1) is 0 Å². The Labute approximate surface area is 120 Å². The van der Waals surface area contributed by atoms with E-state index in [1.165, 1.54) is 12.8 Å². The Morgan fingerprint density at radius 3 is 2.90 bits per heavy atom. The zero-order valence-corrected chi connectivity index (χ0v) is 12.4. The molecule has 1 saturated heterocycles. The highest BCUT2D eigenvalue weighted by Crippen LogP contribution is 2.39. The van der Waals surface area contributed by atoms with Crippen LogP contribution in [-0.4, -0.2) is 59.3 Å². The number of hydrogen-bond acceptors (Lipinski definition) is 5. The Hall–Kier alpha value is -1.20. The molecular weight excluding hydrogens is 252 g/mol. The van der Waals surface area contributed by atoms with Crippen LogP contribution in [0.1, 0.15) is 37.3 Å². The van der Waals surface area contributed by atoms with Crippen LogP contribution < -0.4 is 4.90 Å². The molecule has 0 radical (unpaired) electrons. The summed E-state index contributed by atoms with van der Waals surface area (Å²) in [6.45, 7) is 2.33. The van der Waals surface area contributed by atoms with Crippen molar-refractivity contribution in [2.75, 3.05) is 38.6 Å². The summed E-state index contributed by atoms with van der Waals surface area (Å²) in [5, 5.41) is 10.7. The van der Waals surface area contributed by atoms with Gasteiger partial charge >= 0.3 is 0 Å². The lowest BCUT2D eigenvalue weighted by Crippen LogP contribution is -2.53. The fraction of sp³-hybridized carbons (Fsp3) is 0.733. The number of β-amino-alcohol motifs (C(OH)–C–C–N with tert-alkyl or cyclic N) is 1. The van der Waals surface area contributed by atoms with E-state index in [2.05, 4.69) is 25.8 Å². The van der Waals surface area contributed by atoms with Gasteiger partial charge in [0.05, 0.1) is 5.60 Å². The van der Waals surface area contributed by atoms with Gasteiger partial charge in [0.25, 0.3) is 0 Å². The van der Waals surface area contributed by atoms with Crippen LogP contribution in [0.5, 0.6) is 0 Å². The minimum Gasteiger partial charge on any atom is -0.387 e. The van der Waals surface area contributed by atoms with Crippen molar-refractivity contribution in [1.29, 1.82) is 0 Å². The topological polar surface area (TPSA) is 52.5 Å². The average Bonchev–Trinajstić information content (AvgIpc) is 3.21. The smallest absolute Gasteiger partial charge is 0.132 e. The number of nitrogens with zero attached hydrogens (tertiary/aromatic N) is 4. The molecule has 1 aliphatic heterocycles. The second-order valence-corrected chi connectivity index (χ2v) is 6.56. The van der Waals surface area contributed by atoms with Gasteiger partial charge in [-0.15, -0.1) is 0 Å². The number of aliphatic hydroxyl groups is 1. The third-order valence-electron chi connectivity index (χ3n) is 4.16. The molecule has 110 valence electrons. The Morgan fingerprint density at radius 2 is 2.20 bits per heavy atom. The summed E-state index contributed by atoms with van der Waals surface area (Å²) < 4.78 is 0. The SMILES string of the molecule is CN(C)CC1(O)CCCN(c2cc(C3CC3)ncn2)C1. The molecule has 1 aromatic heterocycles. The van der Waals surface area contributed by atoms with Crippen molar-refractivity contribution >= 4 is 5.82 Å². The number of anilines is 1. The number of rotatable bonds is 4. The molecule has 2 heterocycles. The van der Waals surface area contributed by atoms with E-state index < -0.39 is 5.60 Å². The second kappa shape index (κ2) is 5.30. The third-order valence-corrected chi connectivity index (χ3v) is 4.16. The maximum absolute atomic E-state index is 10.7. The number of likely N-dealkylation sites (N-methyl/N-ethyl adjacent to an activating group) is 1. The second-order valence-electron chi connectivity index (χ2n) is 6.56. The van der Waals surface area contributed by atoms with E-state index in [4.69, 9.17) is 0 Å².